The Balaban J connectivity index is 2.11. The maximum absolute atomic E-state index is 10.9. The second-order valence-electron chi connectivity index (χ2n) is 5.32. The van der Waals surface area contributed by atoms with E-state index in [-0.39, 0.29) is 23.9 Å². The van der Waals surface area contributed by atoms with Crippen LogP contribution in [0.25, 0.3) is 0 Å². The fraction of sp³-hybridized carbons (Fsp3) is 0.750. The van der Waals surface area contributed by atoms with Crippen LogP contribution in [-0.4, -0.2) is 29.0 Å². The lowest BCUT2D eigenvalue weighted by Gasteiger charge is -2.51. The van der Waals surface area contributed by atoms with Gasteiger partial charge in [-0.15, -0.1) is 0 Å². The molecule has 0 heterocycles. The van der Waals surface area contributed by atoms with Gasteiger partial charge < -0.3 is 10.8 Å². The lowest BCUT2D eigenvalue weighted by Crippen LogP contribution is -2.51. The minimum Gasteiger partial charge on any atom is -0.481 e. The molecule has 0 aliphatic heterocycles. The van der Waals surface area contributed by atoms with Crippen molar-refractivity contribution in [1.82, 2.24) is 0 Å². The molecule has 2 aliphatic rings. The van der Waals surface area contributed by atoms with Crippen LogP contribution in [-0.2, 0) is 9.68 Å². The van der Waals surface area contributed by atoms with E-state index < -0.39 is 5.97 Å². The standard InChI is InChI=1S/C12H19NO4/c1-7(17-16)8-2-9-4-12(6-13,5-11(14)15)10(9)3-8/h3,7,9-10,16H,2,4-6,13H2,1H3,(H,14,15)/t7?,9-,10-,12-/m1/s1. The van der Waals surface area contributed by atoms with Crippen molar-refractivity contribution >= 4 is 5.97 Å². The van der Waals surface area contributed by atoms with Crippen LogP contribution in [0.1, 0.15) is 26.2 Å². The van der Waals surface area contributed by atoms with Gasteiger partial charge in [0, 0.05) is 0 Å². The highest BCUT2D eigenvalue weighted by Gasteiger charge is 2.55. The molecule has 0 spiro atoms. The van der Waals surface area contributed by atoms with Crippen LogP contribution in [0.5, 0.6) is 0 Å². The third kappa shape index (κ3) is 1.99. The molecule has 0 aromatic heterocycles. The fourth-order valence-electron chi connectivity index (χ4n) is 3.39. The molecule has 96 valence electrons. The number of rotatable bonds is 5. The van der Waals surface area contributed by atoms with Crippen molar-refractivity contribution in [1.29, 1.82) is 0 Å². The summed E-state index contributed by atoms with van der Waals surface area (Å²) in [6.07, 6.45) is 3.63. The Labute approximate surface area is 100 Å². The van der Waals surface area contributed by atoms with Gasteiger partial charge in [-0.2, -0.15) is 0 Å². The van der Waals surface area contributed by atoms with E-state index >= 15 is 0 Å². The summed E-state index contributed by atoms with van der Waals surface area (Å²) in [6, 6.07) is 0. The van der Waals surface area contributed by atoms with Crippen molar-refractivity contribution < 1.29 is 20.0 Å². The normalized spacial score (nSPS) is 37.0. The average Bonchev–Trinajstić information content (AvgIpc) is 2.63. The van der Waals surface area contributed by atoms with Crippen molar-refractivity contribution in [3.05, 3.63) is 11.6 Å². The molecule has 2 aliphatic carbocycles. The second-order valence-corrected chi connectivity index (χ2v) is 5.32. The van der Waals surface area contributed by atoms with Crippen molar-refractivity contribution in [2.24, 2.45) is 23.0 Å². The van der Waals surface area contributed by atoms with Crippen LogP contribution in [0, 0.1) is 17.3 Å². The summed E-state index contributed by atoms with van der Waals surface area (Å²) in [4.78, 5) is 15.2. The average molecular weight is 241 g/mol. The fourth-order valence-corrected chi connectivity index (χ4v) is 3.39. The predicted octanol–water partition coefficient (Wildman–Crippen LogP) is 1.25. The Kier molecular flexibility index (Phi) is 3.25. The smallest absolute Gasteiger partial charge is 0.303 e. The number of fused-ring (bicyclic) bond motifs is 1. The lowest BCUT2D eigenvalue weighted by molar-refractivity contribution is -0.264. The Bertz CT molecular complexity index is 354. The van der Waals surface area contributed by atoms with Crippen LogP contribution in [0.3, 0.4) is 0 Å². The van der Waals surface area contributed by atoms with Gasteiger partial charge in [0.25, 0.3) is 0 Å². The number of carboxylic acid groups (broad SMARTS) is 1. The zero-order valence-electron chi connectivity index (χ0n) is 9.93. The van der Waals surface area contributed by atoms with Gasteiger partial charge in [-0.25, -0.2) is 4.89 Å². The van der Waals surface area contributed by atoms with Gasteiger partial charge in [0.1, 0.15) is 6.10 Å². The number of hydrogen-bond donors (Lipinski definition) is 3. The zero-order chi connectivity index (χ0) is 12.6. The molecule has 2 rings (SSSR count). The van der Waals surface area contributed by atoms with E-state index in [9.17, 15) is 4.79 Å². The molecular weight excluding hydrogens is 222 g/mol. The highest BCUT2D eigenvalue weighted by atomic mass is 17.1. The van der Waals surface area contributed by atoms with Gasteiger partial charge in [-0.3, -0.25) is 10.1 Å². The molecule has 0 saturated heterocycles. The summed E-state index contributed by atoms with van der Waals surface area (Å²) in [5.74, 6) is -0.0797. The summed E-state index contributed by atoms with van der Waals surface area (Å²) in [5.41, 5.74) is 6.53. The lowest BCUT2D eigenvalue weighted by atomic mass is 9.53. The van der Waals surface area contributed by atoms with Gasteiger partial charge in [0.2, 0.25) is 0 Å². The van der Waals surface area contributed by atoms with Gasteiger partial charge in [-0.1, -0.05) is 6.08 Å². The molecular formula is C12H19NO4. The van der Waals surface area contributed by atoms with E-state index in [1.165, 1.54) is 0 Å². The molecule has 5 nitrogen and oxygen atoms in total. The van der Waals surface area contributed by atoms with Crippen LogP contribution in [0.4, 0.5) is 0 Å². The van der Waals surface area contributed by atoms with Gasteiger partial charge in [0.05, 0.1) is 6.42 Å². The SMILES string of the molecule is CC(OO)C1=C[C@@H]2[C@H](C1)C[C@]2(CN)CC(=O)O. The maximum Gasteiger partial charge on any atom is 0.303 e. The third-order valence-electron chi connectivity index (χ3n) is 4.37. The zero-order valence-corrected chi connectivity index (χ0v) is 9.93. The second kappa shape index (κ2) is 4.40. The van der Waals surface area contributed by atoms with Gasteiger partial charge in [-0.05, 0) is 49.1 Å². The Hall–Kier alpha value is -0.910. The summed E-state index contributed by atoms with van der Waals surface area (Å²) < 4.78 is 0. The predicted molar refractivity (Wildman–Crippen MR) is 61.2 cm³/mol. The van der Waals surface area contributed by atoms with Crippen molar-refractivity contribution in [3.63, 3.8) is 0 Å². The number of aliphatic carboxylic acids is 1. The summed E-state index contributed by atoms with van der Waals surface area (Å²) in [5, 5.41) is 17.6. The third-order valence-corrected chi connectivity index (χ3v) is 4.37. The highest BCUT2D eigenvalue weighted by molar-refractivity contribution is 5.68. The number of carbonyl (C=O) groups is 1. The number of hydrogen-bond acceptors (Lipinski definition) is 4. The van der Waals surface area contributed by atoms with Crippen LogP contribution in [0.15, 0.2) is 11.6 Å². The van der Waals surface area contributed by atoms with Crippen molar-refractivity contribution in [2.75, 3.05) is 6.54 Å². The Morgan fingerprint density at radius 3 is 3.00 bits per heavy atom. The van der Waals surface area contributed by atoms with Gasteiger partial charge in [0.15, 0.2) is 0 Å². The molecule has 0 aromatic carbocycles. The Morgan fingerprint density at radius 2 is 2.47 bits per heavy atom. The number of allylic oxidation sites excluding steroid dienone is 1. The van der Waals surface area contributed by atoms with Crippen LogP contribution >= 0.6 is 0 Å². The maximum atomic E-state index is 10.9. The first-order chi connectivity index (χ1) is 8.02. The van der Waals surface area contributed by atoms with Crippen LogP contribution in [0.2, 0.25) is 0 Å². The summed E-state index contributed by atoms with van der Waals surface area (Å²) >= 11 is 0. The number of carboxylic acids is 1. The van der Waals surface area contributed by atoms with Gasteiger partial charge >= 0.3 is 5.97 Å². The summed E-state index contributed by atoms with van der Waals surface area (Å²) in [7, 11) is 0. The largest absolute Gasteiger partial charge is 0.481 e. The quantitative estimate of drug-likeness (QED) is 0.382. The first-order valence-corrected chi connectivity index (χ1v) is 5.95. The first-order valence-electron chi connectivity index (χ1n) is 5.95. The molecule has 0 amide bonds. The van der Waals surface area contributed by atoms with E-state index in [0.29, 0.717) is 12.5 Å². The minimum atomic E-state index is -0.790. The van der Waals surface area contributed by atoms with Crippen molar-refractivity contribution in [3.8, 4) is 0 Å². The molecule has 17 heavy (non-hydrogen) atoms. The molecule has 0 radical (unpaired) electrons. The highest BCUT2D eigenvalue weighted by Crippen LogP contribution is 2.59. The van der Waals surface area contributed by atoms with E-state index in [0.717, 1.165) is 18.4 Å². The van der Waals surface area contributed by atoms with E-state index in [4.69, 9.17) is 16.1 Å². The first kappa shape index (κ1) is 12.5. The van der Waals surface area contributed by atoms with E-state index in [1.807, 2.05) is 0 Å². The molecule has 4 N–H and O–H groups in total. The summed E-state index contributed by atoms with van der Waals surface area (Å²) in [6.45, 7) is 2.19. The van der Waals surface area contributed by atoms with Crippen LogP contribution < -0.4 is 5.73 Å². The Morgan fingerprint density at radius 1 is 1.76 bits per heavy atom. The molecule has 1 unspecified atom stereocenters. The minimum absolute atomic E-state index is 0.128. The van der Waals surface area contributed by atoms with Crippen molar-refractivity contribution in [2.45, 2.75) is 32.3 Å². The topological polar surface area (TPSA) is 92.8 Å². The van der Waals surface area contributed by atoms with E-state index in [1.54, 1.807) is 6.92 Å². The molecule has 5 heteroatoms. The molecule has 1 saturated carbocycles. The molecule has 4 atom stereocenters. The molecule has 1 fully saturated rings. The monoisotopic (exact) mass is 241 g/mol. The van der Waals surface area contributed by atoms with E-state index in [2.05, 4.69) is 11.0 Å². The molecule has 0 aromatic rings. The molecule has 0 bridgehead atoms. The number of nitrogens with two attached hydrogens (primary N) is 1.